The second-order valence-corrected chi connectivity index (χ2v) is 11.8. The van der Waals surface area contributed by atoms with Crippen molar-refractivity contribution in [2.75, 3.05) is 5.75 Å². The normalized spacial score (nSPS) is 36.4. The van der Waals surface area contributed by atoms with Crippen molar-refractivity contribution in [2.45, 2.75) is 82.3 Å². The summed E-state index contributed by atoms with van der Waals surface area (Å²) in [7, 11) is 0. The van der Waals surface area contributed by atoms with Gasteiger partial charge in [0.25, 0.3) is 0 Å². The maximum Gasteiger partial charge on any atom is 0.0811 e. The average molecular weight is 453 g/mol. The monoisotopic (exact) mass is 452 g/mol. The fourth-order valence-electron chi connectivity index (χ4n) is 6.76. The molecule has 0 spiro atoms. The third kappa shape index (κ3) is 5.11. The van der Waals surface area contributed by atoms with Crippen molar-refractivity contribution >= 4 is 11.8 Å². The molecule has 1 aromatic carbocycles. The van der Waals surface area contributed by atoms with Crippen molar-refractivity contribution in [1.29, 1.82) is 0 Å². The highest BCUT2D eigenvalue weighted by Gasteiger charge is 2.50. The first-order valence-corrected chi connectivity index (χ1v) is 13.5. The van der Waals surface area contributed by atoms with Crippen LogP contribution in [-0.2, 0) is 0 Å². The summed E-state index contributed by atoms with van der Waals surface area (Å²) >= 11 is 1.99. The highest BCUT2D eigenvalue weighted by Crippen LogP contribution is 2.59. The molecule has 0 aromatic heterocycles. The predicted octanol–water partition coefficient (Wildman–Crippen LogP) is 6.95. The number of benzene rings is 1. The zero-order valence-corrected chi connectivity index (χ0v) is 20.6. The van der Waals surface area contributed by atoms with Crippen LogP contribution in [-0.4, -0.2) is 28.2 Å². The zero-order chi connectivity index (χ0) is 22.7. The van der Waals surface area contributed by atoms with E-state index in [1.54, 1.807) is 5.57 Å². The third-order valence-corrected chi connectivity index (χ3v) is 9.62. The lowest BCUT2D eigenvalue weighted by atomic mass is 9.61. The minimum atomic E-state index is -0.606. The number of aliphatic hydroxyl groups is 2. The molecule has 0 unspecified atom stereocenters. The number of thioether (sulfide) groups is 1. The van der Waals surface area contributed by atoms with Crippen LogP contribution in [0.15, 0.2) is 70.7 Å². The first-order chi connectivity index (χ1) is 15.4. The molecule has 3 fully saturated rings. The SMILES string of the molecule is C=C1/C(=C\C=C2/CCC[C@]3(C)[C@@H]([C@H](C)CCSc4ccccc4)CC[C@@H]23)C[C@H](O)C[C@H]1O. The largest absolute Gasteiger partial charge is 0.393 e. The molecule has 3 aliphatic rings. The molecule has 32 heavy (non-hydrogen) atoms. The number of allylic oxidation sites excluding steroid dienone is 3. The van der Waals surface area contributed by atoms with Crippen LogP contribution in [0.1, 0.15) is 65.2 Å². The Balaban J connectivity index is 1.41. The Morgan fingerprint density at radius 2 is 1.97 bits per heavy atom. The summed E-state index contributed by atoms with van der Waals surface area (Å²) < 4.78 is 0. The van der Waals surface area contributed by atoms with E-state index in [-0.39, 0.29) is 0 Å². The maximum atomic E-state index is 10.2. The summed E-state index contributed by atoms with van der Waals surface area (Å²) in [6.07, 6.45) is 12.2. The maximum absolute atomic E-state index is 10.2. The highest BCUT2D eigenvalue weighted by molar-refractivity contribution is 7.99. The minimum absolute atomic E-state index is 0.405. The molecule has 0 heterocycles. The van der Waals surface area contributed by atoms with Crippen LogP contribution >= 0.6 is 11.8 Å². The Morgan fingerprint density at radius 1 is 1.19 bits per heavy atom. The Bertz CT molecular complexity index is 857. The van der Waals surface area contributed by atoms with E-state index in [0.717, 1.165) is 23.0 Å². The van der Waals surface area contributed by atoms with Crippen molar-refractivity contribution in [3.8, 4) is 0 Å². The van der Waals surface area contributed by atoms with Gasteiger partial charge in [0.05, 0.1) is 12.2 Å². The molecular formula is C29H40O2S. The predicted molar refractivity (Wildman–Crippen MR) is 136 cm³/mol. The van der Waals surface area contributed by atoms with E-state index in [4.69, 9.17) is 0 Å². The molecule has 2 nitrogen and oxygen atoms in total. The molecular weight excluding hydrogens is 412 g/mol. The van der Waals surface area contributed by atoms with Gasteiger partial charge < -0.3 is 10.2 Å². The molecule has 6 atom stereocenters. The smallest absolute Gasteiger partial charge is 0.0811 e. The van der Waals surface area contributed by atoms with E-state index in [1.165, 1.54) is 49.2 Å². The Labute approximate surface area is 198 Å². The summed E-state index contributed by atoms with van der Waals surface area (Å²) in [6, 6.07) is 10.8. The number of hydrogen-bond acceptors (Lipinski definition) is 3. The molecule has 0 bridgehead atoms. The summed E-state index contributed by atoms with van der Waals surface area (Å²) in [5, 5.41) is 20.2. The van der Waals surface area contributed by atoms with E-state index in [0.29, 0.717) is 24.2 Å². The Hall–Kier alpha value is -1.29. The van der Waals surface area contributed by atoms with Crippen molar-refractivity contribution in [3.05, 3.63) is 65.8 Å². The lowest BCUT2D eigenvalue weighted by Crippen LogP contribution is -2.36. The van der Waals surface area contributed by atoms with Crippen molar-refractivity contribution in [3.63, 3.8) is 0 Å². The quantitative estimate of drug-likeness (QED) is 0.459. The first kappa shape index (κ1) is 23.9. The van der Waals surface area contributed by atoms with Crippen LogP contribution < -0.4 is 0 Å². The van der Waals surface area contributed by atoms with Crippen LogP contribution in [0.4, 0.5) is 0 Å². The third-order valence-electron chi connectivity index (χ3n) is 8.57. The van der Waals surface area contributed by atoms with Gasteiger partial charge in [-0.25, -0.2) is 0 Å². The first-order valence-electron chi connectivity index (χ1n) is 12.5. The molecule has 1 aromatic rings. The summed E-state index contributed by atoms with van der Waals surface area (Å²) in [5.41, 5.74) is 3.81. The fourth-order valence-corrected chi connectivity index (χ4v) is 7.83. The minimum Gasteiger partial charge on any atom is -0.393 e. The molecule has 2 N–H and O–H groups in total. The topological polar surface area (TPSA) is 40.5 Å². The van der Waals surface area contributed by atoms with Gasteiger partial charge in [-0.2, -0.15) is 0 Å². The number of hydrogen-bond donors (Lipinski definition) is 2. The van der Waals surface area contributed by atoms with E-state index >= 15 is 0 Å². The zero-order valence-electron chi connectivity index (χ0n) is 19.8. The molecule has 3 aliphatic carbocycles. The second-order valence-electron chi connectivity index (χ2n) is 10.6. The average Bonchev–Trinajstić information content (AvgIpc) is 3.13. The lowest BCUT2D eigenvalue weighted by Gasteiger charge is -2.44. The molecule has 0 amide bonds. The molecule has 0 saturated heterocycles. The van der Waals surface area contributed by atoms with Gasteiger partial charge >= 0.3 is 0 Å². The standard InChI is InChI=1S/C29H40O2S/c1-20(15-17-32-25-9-5-4-6-10-25)26-13-14-27-22(8-7-16-29(26,27)3)11-12-23-18-24(30)19-28(31)21(23)2/h4-6,9-12,20,24,26-28,30-31H,2,7-8,13-19H2,1,3H3/b22-11+,23-12-/t20-,24+,26-,27+,28-,29-/m1/s1. The van der Waals surface area contributed by atoms with Crippen LogP contribution in [0, 0.1) is 23.2 Å². The van der Waals surface area contributed by atoms with Gasteiger partial charge in [0, 0.05) is 11.3 Å². The van der Waals surface area contributed by atoms with E-state index in [1.807, 2.05) is 11.8 Å². The van der Waals surface area contributed by atoms with Gasteiger partial charge in [-0.3, -0.25) is 0 Å². The van der Waals surface area contributed by atoms with E-state index < -0.39 is 12.2 Å². The number of rotatable bonds is 6. The summed E-state index contributed by atoms with van der Waals surface area (Å²) in [4.78, 5) is 1.38. The second kappa shape index (κ2) is 10.3. The number of aliphatic hydroxyl groups excluding tert-OH is 2. The van der Waals surface area contributed by atoms with Crippen LogP contribution in [0.3, 0.4) is 0 Å². The Morgan fingerprint density at radius 3 is 2.75 bits per heavy atom. The van der Waals surface area contributed by atoms with Gasteiger partial charge in [0.15, 0.2) is 0 Å². The van der Waals surface area contributed by atoms with Crippen LogP contribution in [0.25, 0.3) is 0 Å². The highest BCUT2D eigenvalue weighted by atomic mass is 32.2. The fraction of sp³-hybridized carbons (Fsp3) is 0.586. The lowest BCUT2D eigenvalue weighted by molar-refractivity contribution is 0.0861. The molecule has 3 saturated carbocycles. The van der Waals surface area contributed by atoms with Gasteiger partial charge in [-0.1, -0.05) is 56.4 Å². The van der Waals surface area contributed by atoms with Gasteiger partial charge in [-0.15, -0.1) is 11.8 Å². The van der Waals surface area contributed by atoms with Crippen molar-refractivity contribution in [2.24, 2.45) is 23.2 Å². The molecule has 4 rings (SSSR count). The summed E-state index contributed by atoms with van der Waals surface area (Å²) in [5.74, 6) is 3.43. The van der Waals surface area contributed by atoms with E-state index in [9.17, 15) is 10.2 Å². The van der Waals surface area contributed by atoms with Gasteiger partial charge in [-0.05, 0) is 97.1 Å². The molecule has 0 aliphatic heterocycles. The molecule has 3 heteroatoms. The van der Waals surface area contributed by atoms with Gasteiger partial charge in [0.2, 0.25) is 0 Å². The van der Waals surface area contributed by atoms with Crippen molar-refractivity contribution in [1.82, 2.24) is 0 Å². The Kier molecular flexibility index (Phi) is 7.69. The molecule has 174 valence electrons. The van der Waals surface area contributed by atoms with Crippen LogP contribution in [0.2, 0.25) is 0 Å². The summed E-state index contributed by atoms with van der Waals surface area (Å²) in [6.45, 7) is 9.12. The molecule has 0 radical (unpaired) electrons. The van der Waals surface area contributed by atoms with Gasteiger partial charge in [0.1, 0.15) is 0 Å². The van der Waals surface area contributed by atoms with Crippen LogP contribution in [0.5, 0.6) is 0 Å². The van der Waals surface area contributed by atoms with E-state index in [2.05, 4.69) is 62.9 Å². The van der Waals surface area contributed by atoms with Crippen molar-refractivity contribution < 1.29 is 10.2 Å². The number of fused-ring (bicyclic) bond motifs is 1.